The lowest BCUT2D eigenvalue weighted by Gasteiger charge is -2.48. The van der Waals surface area contributed by atoms with E-state index in [0.29, 0.717) is 16.5 Å². The van der Waals surface area contributed by atoms with Crippen molar-refractivity contribution in [3.8, 4) is 0 Å². The van der Waals surface area contributed by atoms with Crippen molar-refractivity contribution >= 4 is 51.4 Å². The summed E-state index contributed by atoms with van der Waals surface area (Å²) in [6, 6.07) is 13.3. The molecule has 0 saturated carbocycles. The number of nitrogens with two attached hydrogens (primary N) is 1. The zero-order chi connectivity index (χ0) is 25.3. The van der Waals surface area contributed by atoms with Gasteiger partial charge in [-0.3, -0.25) is 4.79 Å². The zero-order valence-corrected chi connectivity index (χ0v) is 23.4. The van der Waals surface area contributed by atoms with Crippen LogP contribution < -0.4 is 5.73 Å². The first-order chi connectivity index (χ1) is 15.9. The van der Waals surface area contributed by atoms with Gasteiger partial charge in [0.05, 0.1) is 16.5 Å². The highest BCUT2D eigenvalue weighted by Gasteiger charge is 2.47. The third kappa shape index (κ3) is 6.51. The Labute approximate surface area is 224 Å². The van der Waals surface area contributed by atoms with Crippen LogP contribution in [0.1, 0.15) is 57.4 Å². The number of rotatable bonds is 7. The maximum atomic E-state index is 13.7. The van der Waals surface area contributed by atoms with Gasteiger partial charge in [-0.15, -0.1) is 12.4 Å². The molecular formula is C25H33Cl3N2O4S. The Hall–Kier alpha value is -1.35. The summed E-state index contributed by atoms with van der Waals surface area (Å²) in [6.07, 6.45) is -1.05. The summed E-state index contributed by atoms with van der Waals surface area (Å²) in [7, 11) is -3.52. The normalized spacial score (nSPS) is 22.0. The highest BCUT2D eigenvalue weighted by atomic mass is 35.5. The molecule has 3 rings (SSSR count). The fourth-order valence-electron chi connectivity index (χ4n) is 4.16. The molecule has 6 nitrogen and oxygen atoms in total. The predicted molar refractivity (Wildman–Crippen MR) is 144 cm³/mol. The van der Waals surface area contributed by atoms with E-state index < -0.39 is 38.9 Å². The van der Waals surface area contributed by atoms with Gasteiger partial charge in [-0.2, -0.15) is 0 Å². The van der Waals surface area contributed by atoms with Crippen LogP contribution >= 0.6 is 35.6 Å². The second-order valence-corrected chi connectivity index (χ2v) is 13.2. The Kier molecular flexibility index (Phi) is 10.1. The molecule has 10 heteroatoms. The molecule has 2 aromatic rings. The van der Waals surface area contributed by atoms with Crippen LogP contribution in [0.15, 0.2) is 48.5 Å². The number of nitrogens with zero attached hydrogens (tertiary/aromatic N) is 1. The first-order valence-corrected chi connectivity index (χ1v) is 13.7. The van der Waals surface area contributed by atoms with E-state index in [1.54, 1.807) is 49.9 Å². The van der Waals surface area contributed by atoms with E-state index in [0.717, 1.165) is 11.1 Å². The maximum Gasteiger partial charge on any atom is 0.253 e. The minimum atomic E-state index is -3.52. The fraction of sp³-hybridized carbons (Fsp3) is 0.480. The van der Waals surface area contributed by atoms with Crippen molar-refractivity contribution in [3.05, 3.63) is 69.7 Å². The topological polar surface area (TPSA) is 89.7 Å². The molecule has 1 heterocycles. The monoisotopic (exact) mass is 562 g/mol. The molecule has 1 fully saturated rings. The van der Waals surface area contributed by atoms with Crippen LogP contribution in [0.4, 0.5) is 0 Å². The maximum absolute atomic E-state index is 13.7. The summed E-state index contributed by atoms with van der Waals surface area (Å²) in [6.45, 7) is 6.87. The summed E-state index contributed by atoms with van der Waals surface area (Å²) in [5, 5.41) is 1.09. The molecule has 0 spiro atoms. The van der Waals surface area contributed by atoms with Crippen molar-refractivity contribution in [2.45, 2.75) is 63.2 Å². The second-order valence-electron chi connectivity index (χ2n) is 9.53. The Morgan fingerprint density at radius 3 is 2.20 bits per heavy atom. The molecule has 194 valence electrons. The van der Waals surface area contributed by atoms with Crippen molar-refractivity contribution in [1.82, 2.24) is 4.90 Å². The summed E-state index contributed by atoms with van der Waals surface area (Å²) < 4.78 is 31.7. The smallest absolute Gasteiger partial charge is 0.253 e. The van der Waals surface area contributed by atoms with Gasteiger partial charge in [-0.1, -0.05) is 54.4 Å². The number of hydrogen-bond donors (Lipinski definition) is 1. The SMILES string of the molecule is CC[C@@H](CS(=O)(=O)C(C)(C)C)N1C(=O)[C@@H](CN)O[C@H](c2cccc(Cl)c2)[C@H]1c1ccc(Cl)cc1.Cl. The van der Waals surface area contributed by atoms with Crippen LogP contribution in [0.2, 0.25) is 10.0 Å². The van der Waals surface area contributed by atoms with E-state index in [9.17, 15) is 13.2 Å². The first kappa shape index (κ1) is 29.9. The van der Waals surface area contributed by atoms with E-state index >= 15 is 0 Å². The molecule has 2 N–H and O–H groups in total. The number of carbonyl (C=O) groups is 1. The molecule has 1 aliphatic rings. The minimum Gasteiger partial charge on any atom is -0.357 e. The van der Waals surface area contributed by atoms with Gasteiger partial charge < -0.3 is 15.4 Å². The molecule has 1 saturated heterocycles. The number of sulfone groups is 1. The lowest BCUT2D eigenvalue weighted by Crippen LogP contribution is -2.58. The molecule has 1 aliphatic heterocycles. The van der Waals surface area contributed by atoms with E-state index in [-0.39, 0.29) is 30.6 Å². The number of ether oxygens (including phenoxy) is 1. The van der Waals surface area contributed by atoms with Crippen molar-refractivity contribution in [2.75, 3.05) is 12.3 Å². The van der Waals surface area contributed by atoms with Crippen LogP contribution in [-0.2, 0) is 19.4 Å². The number of hydrogen-bond acceptors (Lipinski definition) is 5. The number of amides is 1. The van der Waals surface area contributed by atoms with Crippen molar-refractivity contribution in [1.29, 1.82) is 0 Å². The van der Waals surface area contributed by atoms with Gasteiger partial charge in [-0.05, 0) is 62.6 Å². The van der Waals surface area contributed by atoms with Crippen LogP contribution in [0.5, 0.6) is 0 Å². The molecule has 4 atom stereocenters. The highest BCUT2D eigenvalue weighted by molar-refractivity contribution is 7.92. The molecule has 0 unspecified atom stereocenters. The van der Waals surface area contributed by atoms with Gasteiger partial charge in [0, 0.05) is 22.6 Å². The van der Waals surface area contributed by atoms with E-state index in [1.807, 2.05) is 31.2 Å². The van der Waals surface area contributed by atoms with Crippen molar-refractivity contribution in [2.24, 2.45) is 5.73 Å². The Morgan fingerprint density at radius 1 is 1.06 bits per heavy atom. The fourth-order valence-corrected chi connectivity index (χ4v) is 5.89. The molecule has 1 amide bonds. The highest BCUT2D eigenvalue weighted by Crippen LogP contribution is 2.44. The largest absolute Gasteiger partial charge is 0.357 e. The number of benzene rings is 2. The second kappa shape index (κ2) is 11.8. The third-order valence-electron chi connectivity index (χ3n) is 6.24. The molecule has 0 radical (unpaired) electrons. The van der Waals surface area contributed by atoms with Gasteiger partial charge in [-0.25, -0.2) is 8.42 Å². The third-order valence-corrected chi connectivity index (χ3v) is 9.42. The number of morpholine rings is 1. The molecule has 35 heavy (non-hydrogen) atoms. The summed E-state index contributed by atoms with van der Waals surface area (Å²) in [4.78, 5) is 15.3. The van der Waals surface area contributed by atoms with Crippen molar-refractivity contribution in [3.63, 3.8) is 0 Å². The van der Waals surface area contributed by atoms with Gasteiger partial charge in [0.2, 0.25) is 0 Å². The lowest BCUT2D eigenvalue weighted by atomic mass is 9.90. The van der Waals surface area contributed by atoms with Gasteiger partial charge in [0.15, 0.2) is 9.84 Å². The standard InChI is InChI=1S/C25H32Cl2N2O4S.ClH/c1-5-20(15-34(31,32)25(2,3)4)29-22(16-9-11-18(26)12-10-16)23(33-21(14-28)24(29)30)17-7-6-8-19(27)13-17;/h6-13,20-23H,5,14-15,28H2,1-4H3;1H/t20-,21+,22+,23+;/m0./s1. The van der Waals surface area contributed by atoms with Crippen molar-refractivity contribution < 1.29 is 17.9 Å². The van der Waals surface area contributed by atoms with Gasteiger partial charge >= 0.3 is 0 Å². The Balaban J connectivity index is 0.00000432. The van der Waals surface area contributed by atoms with Gasteiger partial charge in [0.25, 0.3) is 5.91 Å². The molecule has 0 aromatic heterocycles. The molecule has 0 bridgehead atoms. The van der Waals surface area contributed by atoms with E-state index in [4.69, 9.17) is 33.7 Å². The quantitative estimate of drug-likeness (QED) is 0.489. The van der Waals surface area contributed by atoms with E-state index in [1.165, 1.54) is 0 Å². The van der Waals surface area contributed by atoms with Crippen LogP contribution in [0.25, 0.3) is 0 Å². The predicted octanol–water partition coefficient (Wildman–Crippen LogP) is 5.38. The molecular weight excluding hydrogens is 531 g/mol. The molecule has 2 aromatic carbocycles. The average Bonchev–Trinajstić information content (AvgIpc) is 2.77. The summed E-state index contributed by atoms with van der Waals surface area (Å²) in [5.41, 5.74) is 7.49. The average molecular weight is 564 g/mol. The molecule has 0 aliphatic carbocycles. The van der Waals surface area contributed by atoms with Crippen LogP contribution in [0.3, 0.4) is 0 Å². The summed E-state index contributed by atoms with van der Waals surface area (Å²) in [5.74, 6) is -0.487. The zero-order valence-electron chi connectivity index (χ0n) is 20.3. The first-order valence-electron chi connectivity index (χ1n) is 11.3. The number of halogens is 3. The van der Waals surface area contributed by atoms with Crippen LogP contribution in [-0.4, -0.2) is 48.4 Å². The lowest BCUT2D eigenvalue weighted by molar-refractivity contribution is -0.177. The van der Waals surface area contributed by atoms with Gasteiger partial charge in [0.1, 0.15) is 12.2 Å². The van der Waals surface area contributed by atoms with E-state index in [2.05, 4.69) is 0 Å². The number of carbonyl (C=O) groups excluding carboxylic acids is 1. The van der Waals surface area contributed by atoms with Crippen LogP contribution in [0, 0.1) is 0 Å². The summed E-state index contributed by atoms with van der Waals surface area (Å²) >= 11 is 12.4. The Morgan fingerprint density at radius 2 is 1.69 bits per heavy atom. The Bertz CT molecular complexity index is 1120. The minimum absolute atomic E-state index is 0.